The third-order valence-electron chi connectivity index (χ3n) is 5.25. The second kappa shape index (κ2) is 7.46. The maximum atomic E-state index is 11.3. The van der Waals surface area contributed by atoms with Crippen LogP contribution in [-0.4, -0.2) is 28.3 Å². The van der Waals surface area contributed by atoms with Gasteiger partial charge in [-0.15, -0.1) is 0 Å². The largest absolute Gasteiger partial charge is 0.497 e. The molecule has 0 spiro atoms. The predicted molar refractivity (Wildman–Crippen MR) is 108 cm³/mol. The van der Waals surface area contributed by atoms with Crippen LogP contribution in [0, 0.1) is 0 Å². The number of ether oxygens (including phenoxy) is 1. The van der Waals surface area contributed by atoms with Gasteiger partial charge in [0, 0.05) is 16.6 Å². The molecule has 0 amide bonds. The van der Waals surface area contributed by atoms with Crippen molar-refractivity contribution in [1.82, 2.24) is 9.55 Å². The number of nitrogens with zero attached hydrogens (tertiary/aromatic N) is 3. The van der Waals surface area contributed by atoms with Crippen molar-refractivity contribution < 1.29 is 14.4 Å². The maximum Gasteiger partial charge on any atom is 0.341 e. The van der Waals surface area contributed by atoms with E-state index in [1.54, 1.807) is 7.11 Å². The van der Waals surface area contributed by atoms with Gasteiger partial charge in [0.05, 0.1) is 31.5 Å². The molecular formula is C22H23N3O3. The first-order valence-corrected chi connectivity index (χ1v) is 9.49. The Bertz CT molecular complexity index is 1070. The van der Waals surface area contributed by atoms with Gasteiger partial charge in [0.1, 0.15) is 11.5 Å². The molecule has 0 saturated heterocycles. The van der Waals surface area contributed by atoms with Crippen molar-refractivity contribution in [2.45, 2.75) is 39.2 Å². The number of fused-ring (bicyclic) bond motifs is 1. The van der Waals surface area contributed by atoms with E-state index < -0.39 is 0 Å². The van der Waals surface area contributed by atoms with E-state index in [1.807, 2.05) is 24.3 Å². The van der Waals surface area contributed by atoms with Crippen LogP contribution in [0.25, 0.3) is 10.9 Å². The van der Waals surface area contributed by atoms with Crippen molar-refractivity contribution in [3.63, 3.8) is 0 Å². The Labute approximate surface area is 163 Å². The quantitative estimate of drug-likeness (QED) is 0.602. The van der Waals surface area contributed by atoms with Crippen molar-refractivity contribution in [2.75, 3.05) is 7.11 Å². The average molecular weight is 377 g/mol. The molecule has 3 heterocycles. The number of carbonyl (C=O) groups excluding carboxylic acids is 1. The molecule has 1 aromatic carbocycles. The maximum absolute atomic E-state index is 11.3. The van der Waals surface area contributed by atoms with Gasteiger partial charge in [0.15, 0.2) is 0 Å². The predicted octanol–water partition coefficient (Wildman–Crippen LogP) is 4.26. The van der Waals surface area contributed by atoms with Gasteiger partial charge in [0.2, 0.25) is 0 Å². The molecule has 1 aliphatic rings. The van der Waals surface area contributed by atoms with Crippen LogP contribution in [0.5, 0.6) is 5.75 Å². The fourth-order valence-electron chi connectivity index (χ4n) is 3.53. The number of pyridine rings is 1. The third kappa shape index (κ3) is 3.38. The summed E-state index contributed by atoms with van der Waals surface area (Å²) in [6.45, 7) is 5.08. The minimum Gasteiger partial charge on any atom is -0.497 e. The molecule has 6 nitrogen and oxygen atoms in total. The first kappa shape index (κ1) is 18.2. The second-order valence-electron chi connectivity index (χ2n) is 7.08. The number of hydrogen-bond acceptors (Lipinski definition) is 5. The van der Waals surface area contributed by atoms with Gasteiger partial charge in [-0.05, 0) is 48.7 Å². The molecule has 0 radical (unpaired) electrons. The number of benzene rings is 1. The van der Waals surface area contributed by atoms with Crippen molar-refractivity contribution in [3.05, 3.63) is 59.5 Å². The van der Waals surface area contributed by atoms with Gasteiger partial charge >= 0.3 is 5.97 Å². The Morgan fingerprint density at radius 1 is 1.25 bits per heavy atom. The van der Waals surface area contributed by atoms with E-state index >= 15 is 0 Å². The Kier molecular flexibility index (Phi) is 4.86. The Morgan fingerprint density at radius 2 is 2.11 bits per heavy atom. The minimum atomic E-state index is -0.341. The van der Waals surface area contributed by atoms with Gasteiger partial charge in [0.25, 0.3) is 0 Å². The normalized spacial score (nSPS) is 14.8. The summed E-state index contributed by atoms with van der Waals surface area (Å²) < 4.78 is 7.70. The minimum absolute atomic E-state index is 0.167. The summed E-state index contributed by atoms with van der Waals surface area (Å²) in [6.07, 6.45) is 1.22. The first-order chi connectivity index (χ1) is 13.6. The van der Waals surface area contributed by atoms with Crippen molar-refractivity contribution in [1.29, 1.82) is 0 Å². The van der Waals surface area contributed by atoms with Crippen LogP contribution in [-0.2, 0) is 16.2 Å². The van der Waals surface area contributed by atoms with Crippen LogP contribution in [0.2, 0.25) is 0 Å². The lowest BCUT2D eigenvalue weighted by Gasteiger charge is -2.15. The summed E-state index contributed by atoms with van der Waals surface area (Å²) in [7, 11) is 1.68. The molecule has 28 heavy (non-hydrogen) atoms. The molecule has 3 aromatic rings. The van der Waals surface area contributed by atoms with Gasteiger partial charge in [-0.3, -0.25) is 0 Å². The lowest BCUT2D eigenvalue weighted by Crippen LogP contribution is -2.10. The molecule has 1 atom stereocenters. The zero-order valence-corrected chi connectivity index (χ0v) is 16.3. The van der Waals surface area contributed by atoms with E-state index in [2.05, 4.69) is 41.8 Å². The Morgan fingerprint density at radius 3 is 2.82 bits per heavy atom. The van der Waals surface area contributed by atoms with Gasteiger partial charge in [-0.1, -0.05) is 25.1 Å². The van der Waals surface area contributed by atoms with Crippen LogP contribution >= 0.6 is 0 Å². The average Bonchev–Trinajstić information content (AvgIpc) is 3.31. The fraction of sp³-hybridized carbons (Fsp3) is 0.318. The first-order valence-electron chi connectivity index (χ1n) is 9.49. The molecule has 2 aromatic heterocycles. The van der Waals surface area contributed by atoms with Crippen molar-refractivity contribution in [2.24, 2.45) is 5.16 Å². The summed E-state index contributed by atoms with van der Waals surface area (Å²) in [5.41, 5.74) is 4.61. The molecule has 0 bridgehead atoms. The highest BCUT2D eigenvalue weighted by Crippen LogP contribution is 2.30. The van der Waals surface area contributed by atoms with Crippen LogP contribution < -0.4 is 4.74 Å². The van der Waals surface area contributed by atoms with Crippen LogP contribution in [0.1, 0.15) is 49.7 Å². The smallest absolute Gasteiger partial charge is 0.341 e. The molecule has 6 heteroatoms. The molecule has 4 rings (SSSR count). The van der Waals surface area contributed by atoms with Crippen molar-refractivity contribution in [3.8, 4) is 5.75 Å². The molecule has 1 unspecified atom stereocenters. The standard InChI is InChI=1S/C22H23N3O3/c1-4-14(2)21-11-15-10-17(27-3)8-9-20(15)25(21)13-16-6-5-7-18(23-16)19-12-22(26)28-24-19/h5-11,14H,4,12-13H2,1-3H3. The molecule has 144 valence electrons. The summed E-state index contributed by atoms with van der Waals surface area (Å²) in [5.74, 6) is 0.933. The molecular weight excluding hydrogens is 354 g/mol. The number of aromatic nitrogens is 2. The van der Waals surface area contributed by atoms with Crippen LogP contribution in [0.15, 0.2) is 47.6 Å². The number of carbonyl (C=O) groups is 1. The number of oxime groups is 1. The number of methoxy groups -OCH3 is 1. The Balaban J connectivity index is 1.73. The summed E-state index contributed by atoms with van der Waals surface area (Å²) in [5, 5.41) is 4.99. The van der Waals surface area contributed by atoms with Crippen molar-refractivity contribution >= 4 is 22.6 Å². The third-order valence-corrected chi connectivity index (χ3v) is 5.25. The van der Waals surface area contributed by atoms with E-state index in [1.165, 1.54) is 5.69 Å². The SMILES string of the molecule is CCC(C)c1cc2cc(OC)ccc2n1Cc1cccc(C2=NOC(=O)C2)n1. The van der Waals surface area contributed by atoms with E-state index in [0.29, 0.717) is 23.9 Å². The molecule has 0 fully saturated rings. The lowest BCUT2D eigenvalue weighted by atomic mass is 10.0. The zero-order valence-electron chi connectivity index (χ0n) is 16.3. The monoisotopic (exact) mass is 377 g/mol. The van der Waals surface area contributed by atoms with Gasteiger partial charge in [-0.2, -0.15) is 0 Å². The molecule has 0 saturated carbocycles. The highest BCUT2D eigenvalue weighted by molar-refractivity contribution is 6.10. The lowest BCUT2D eigenvalue weighted by molar-refractivity contribution is -0.140. The van der Waals surface area contributed by atoms with E-state index in [9.17, 15) is 4.79 Å². The van der Waals surface area contributed by atoms with Crippen LogP contribution in [0.4, 0.5) is 0 Å². The van der Waals surface area contributed by atoms with E-state index in [-0.39, 0.29) is 12.4 Å². The number of rotatable bonds is 6. The molecule has 0 N–H and O–H groups in total. The summed E-state index contributed by atoms with van der Waals surface area (Å²) in [6, 6.07) is 14.2. The van der Waals surface area contributed by atoms with E-state index in [4.69, 9.17) is 14.6 Å². The fourth-order valence-corrected chi connectivity index (χ4v) is 3.53. The molecule has 0 aliphatic carbocycles. The van der Waals surface area contributed by atoms with Gasteiger partial charge < -0.3 is 14.1 Å². The molecule has 1 aliphatic heterocycles. The Hall–Kier alpha value is -3.15. The zero-order chi connectivity index (χ0) is 19.7. The van der Waals surface area contributed by atoms with Gasteiger partial charge in [-0.25, -0.2) is 9.78 Å². The highest BCUT2D eigenvalue weighted by Gasteiger charge is 2.21. The van der Waals surface area contributed by atoms with Crippen LogP contribution in [0.3, 0.4) is 0 Å². The highest BCUT2D eigenvalue weighted by atomic mass is 16.7. The summed E-state index contributed by atoms with van der Waals surface area (Å²) >= 11 is 0. The van der Waals surface area contributed by atoms with E-state index in [0.717, 1.165) is 28.8 Å². The second-order valence-corrected chi connectivity index (χ2v) is 7.08. The summed E-state index contributed by atoms with van der Waals surface area (Å²) in [4.78, 5) is 20.8. The topological polar surface area (TPSA) is 65.7 Å². The number of hydrogen-bond donors (Lipinski definition) is 0.